The van der Waals surface area contributed by atoms with Gasteiger partial charge in [0, 0.05) is 18.3 Å². The maximum atomic E-state index is 11.4. The zero-order valence-electron chi connectivity index (χ0n) is 15.6. The summed E-state index contributed by atoms with van der Waals surface area (Å²) in [6.45, 7) is 0.317. The number of benzene rings is 3. The first-order valence-electron chi connectivity index (χ1n) is 8.74. The first-order valence-corrected chi connectivity index (χ1v) is 8.74. The summed E-state index contributed by atoms with van der Waals surface area (Å²) in [6, 6.07) is 20.5. The molecular formula is C22H18N2O5. The molecule has 0 aliphatic heterocycles. The Balaban J connectivity index is 1.56. The van der Waals surface area contributed by atoms with Crippen LogP contribution in [0.25, 0.3) is 0 Å². The van der Waals surface area contributed by atoms with E-state index in [1.165, 1.54) is 19.2 Å². The lowest BCUT2D eigenvalue weighted by atomic mass is 10.2. The molecule has 0 saturated carbocycles. The molecule has 0 N–H and O–H groups in total. The van der Waals surface area contributed by atoms with E-state index in [2.05, 4.69) is 9.73 Å². The third kappa shape index (κ3) is 5.49. The van der Waals surface area contributed by atoms with E-state index < -0.39 is 4.92 Å². The van der Waals surface area contributed by atoms with Crippen molar-refractivity contribution in [2.45, 2.75) is 6.61 Å². The minimum atomic E-state index is -0.432. The molecule has 146 valence electrons. The molecule has 0 fully saturated rings. The Morgan fingerprint density at radius 2 is 1.66 bits per heavy atom. The van der Waals surface area contributed by atoms with Crippen molar-refractivity contribution in [3.8, 4) is 5.75 Å². The van der Waals surface area contributed by atoms with Gasteiger partial charge in [0.1, 0.15) is 12.4 Å². The van der Waals surface area contributed by atoms with Gasteiger partial charge < -0.3 is 9.47 Å². The highest BCUT2D eigenvalue weighted by Gasteiger charge is 2.05. The monoisotopic (exact) mass is 390 g/mol. The average Bonchev–Trinajstić information content (AvgIpc) is 2.77. The summed E-state index contributed by atoms with van der Waals surface area (Å²) >= 11 is 0. The van der Waals surface area contributed by atoms with Gasteiger partial charge >= 0.3 is 5.97 Å². The topological polar surface area (TPSA) is 91.0 Å². The van der Waals surface area contributed by atoms with Gasteiger partial charge in [0.15, 0.2) is 0 Å². The molecule has 0 spiro atoms. The molecular weight excluding hydrogens is 372 g/mol. The second-order valence-corrected chi connectivity index (χ2v) is 6.08. The highest BCUT2D eigenvalue weighted by atomic mass is 16.6. The molecule has 3 aromatic rings. The predicted octanol–water partition coefficient (Wildman–Crippen LogP) is 4.71. The zero-order valence-corrected chi connectivity index (χ0v) is 15.6. The molecule has 3 rings (SSSR count). The average molecular weight is 390 g/mol. The van der Waals surface area contributed by atoms with Crippen molar-refractivity contribution in [3.05, 3.63) is 99.6 Å². The van der Waals surface area contributed by atoms with Crippen LogP contribution in [0.2, 0.25) is 0 Å². The van der Waals surface area contributed by atoms with Crippen molar-refractivity contribution in [1.29, 1.82) is 0 Å². The smallest absolute Gasteiger partial charge is 0.337 e. The molecule has 0 bridgehead atoms. The van der Waals surface area contributed by atoms with Crippen molar-refractivity contribution in [3.63, 3.8) is 0 Å². The normalized spacial score (nSPS) is 10.7. The lowest BCUT2D eigenvalue weighted by Gasteiger charge is -2.06. The molecule has 29 heavy (non-hydrogen) atoms. The van der Waals surface area contributed by atoms with Crippen LogP contribution in [0, 0.1) is 10.1 Å². The second kappa shape index (κ2) is 9.27. The quantitative estimate of drug-likeness (QED) is 0.252. The number of non-ortho nitro benzene ring substituents is 1. The summed E-state index contributed by atoms with van der Waals surface area (Å²) in [5.41, 5.74) is 2.98. The maximum Gasteiger partial charge on any atom is 0.337 e. The molecule has 7 nitrogen and oxygen atoms in total. The third-order valence-electron chi connectivity index (χ3n) is 4.08. The number of hydrogen-bond donors (Lipinski definition) is 0. The minimum Gasteiger partial charge on any atom is -0.489 e. The highest BCUT2D eigenvalue weighted by molar-refractivity contribution is 5.90. The van der Waals surface area contributed by atoms with Crippen LogP contribution < -0.4 is 4.74 Å². The molecule has 0 aliphatic rings. The van der Waals surface area contributed by atoms with E-state index in [-0.39, 0.29) is 11.7 Å². The number of esters is 1. The number of nitrogens with zero attached hydrogens (tertiary/aromatic N) is 2. The number of aliphatic imine (C=N–C) groups is 1. The number of nitro groups is 1. The van der Waals surface area contributed by atoms with E-state index in [4.69, 9.17) is 4.74 Å². The van der Waals surface area contributed by atoms with Crippen LogP contribution in [-0.4, -0.2) is 24.2 Å². The molecule has 0 amide bonds. The van der Waals surface area contributed by atoms with Crippen LogP contribution in [0.1, 0.15) is 21.5 Å². The number of carbonyl (C=O) groups is 1. The Morgan fingerprint density at radius 1 is 1.00 bits per heavy atom. The van der Waals surface area contributed by atoms with Gasteiger partial charge in [0.25, 0.3) is 5.69 Å². The number of methoxy groups -OCH3 is 1. The van der Waals surface area contributed by atoms with Crippen molar-refractivity contribution in [2.24, 2.45) is 4.99 Å². The summed E-state index contributed by atoms with van der Waals surface area (Å²) in [7, 11) is 1.34. The van der Waals surface area contributed by atoms with E-state index in [9.17, 15) is 14.9 Å². The fourth-order valence-corrected chi connectivity index (χ4v) is 2.48. The van der Waals surface area contributed by atoms with Gasteiger partial charge in [-0.1, -0.05) is 0 Å². The molecule has 0 radical (unpaired) electrons. The molecule has 0 heterocycles. The van der Waals surface area contributed by atoms with Crippen LogP contribution >= 0.6 is 0 Å². The Morgan fingerprint density at radius 3 is 2.24 bits per heavy atom. The molecule has 3 aromatic carbocycles. The summed E-state index contributed by atoms with van der Waals surface area (Å²) in [6.07, 6.45) is 1.72. The van der Waals surface area contributed by atoms with E-state index in [0.717, 1.165) is 16.8 Å². The Kier molecular flexibility index (Phi) is 6.32. The van der Waals surface area contributed by atoms with Gasteiger partial charge in [0.2, 0.25) is 0 Å². The van der Waals surface area contributed by atoms with Crippen molar-refractivity contribution < 1.29 is 19.2 Å². The number of nitro benzene ring substituents is 1. The van der Waals surface area contributed by atoms with Gasteiger partial charge in [-0.15, -0.1) is 0 Å². The minimum absolute atomic E-state index is 0.0531. The number of ether oxygens (including phenoxy) is 2. The van der Waals surface area contributed by atoms with Crippen LogP contribution in [0.4, 0.5) is 11.4 Å². The lowest BCUT2D eigenvalue weighted by molar-refractivity contribution is -0.384. The van der Waals surface area contributed by atoms with Crippen molar-refractivity contribution in [2.75, 3.05) is 7.11 Å². The highest BCUT2D eigenvalue weighted by Crippen LogP contribution is 2.17. The number of hydrogen-bond acceptors (Lipinski definition) is 6. The van der Waals surface area contributed by atoms with Crippen molar-refractivity contribution in [1.82, 2.24) is 0 Å². The largest absolute Gasteiger partial charge is 0.489 e. The molecule has 0 unspecified atom stereocenters. The van der Waals surface area contributed by atoms with Crippen LogP contribution in [0.5, 0.6) is 5.75 Å². The van der Waals surface area contributed by atoms with Crippen LogP contribution in [0.3, 0.4) is 0 Å². The van der Waals surface area contributed by atoms with Gasteiger partial charge in [-0.25, -0.2) is 4.79 Å². The fourth-order valence-electron chi connectivity index (χ4n) is 2.48. The molecule has 7 heteroatoms. The first-order chi connectivity index (χ1) is 14.0. The molecule has 0 saturated heterocycles. The van der Waals surface area contributed by atoms with Gasteiger partial charge in [-0.3, -0.25) is 15.1 Å². The van der Waals surface area contributed by atoms with Gasteiger partial charge in [-0.2, -0.15) is 0 Å². The summed E-state index contributed by atoms with van der Waals surface area (Å²) in [5, 5.41) is 10.7. The summed E-state index contributed by atoms with van der Waals surface area (Å²) < 4.78 is 10.4. The Bertz CT molecular complexity index is 1010. The van der Waals surface area contributed by atoms with E-state index in [0.29, 0.717) is 17.9 Å². The Labute approximate surface area is 167 Å². The van der Waals surface area contributed by atoms with Gasteiger partial charge in [-0.05, 0) is 71.8 Å². The number of carbonyl (C=O) groups excluding carboxylic acids is 1. The zero-order chi connectivity index (χ0) is 20.6. The first kappa shape index (κ1) is 19.8. The van der Waals surface area contributed by atoms with Crippen molar-refractivity contribution >= 4 is 23.6 Å². The SMILES string of the molecule is COC(=O)c1ccc(N=Cc2ccc(OCc3ccc([N+](=O)[O-])cc3)cc2)cc1. The second-order valence-electron chi connectivity index (χ2n) is 6.08. The molecule has 0 aliphatic carbocycles. The van der Waals surface area contributed by atoms with Gasteiger partial charge in [0.05, 0.1) is 23.3 Å². The molecule has 0 atom stereocenters. The summed E-state index contributed by atoms with van der Waals surface area (Å²) in [4.78, 5) is 26.0. The number of rotatable bonds is 7. The standard InChI is InChI=1S/C22H18N2O5/c1-28-22(25)18-6-8-19(9-7-18)23-14-16-4-12-21(13-5-16)29-15-17-2-10-20(11-3-17)24(26)27/h2-14H,15H2,1H3. The van der Waals surface area contributed by atoms with E-state index in [1.54, 1.807) is 42.6 Å². The summed E-state index contributed by atoms with van der Waals surface area (Å²) in [5.74, 6) is 0.299. The maximum absolute atomic E-state index is 11.4. The Hall–Kier alpha value is -4.00. The van der Waals surface area contributed by atoms with Crippen LogP contribution in [0.15, 0.2) is 77.8 Å². The molecule has 0 aromatic heterocycles. The van der Waals surface area contributed by atoms with E-state index >= 15 is 0 Å². The predicted molar refractivity (Wildman–Crippen MR) is 109 cm³/mol. The third-order valence-corrected chi connectivity index (χ3v) is 4.08. The van der Waals surface area contributed by atoms with Crippen LogP contribution in [-0.2, 0) is 11.3 Å². The van der Waals surface area contributed by atoms with E-state index in [1.807, 2.05) is 24.3 Å². The lowest BCUT2D eigenvalue weighted by Crippen LogP contribution is -1.99. The fraction of sp³-hybridized carbons (Fsp3) is 0.0909.